The average molecular weight is 365 g/mol. The predicted molar refractivity (Wildman–Crippen MR) is 107 cm³/mol. The van der Waals surface area contributed by atoms with E-state index in [4.69, 9.17) is 0 Å². The molecule has 0 fully saturated rings. The molecule has 4 rings (SSSR count). The number of carbonyl (C=O) groups is 1. The second kappa shape index (κ2) is 6.13. The Labute approximate surface area is 157 Å². The Kier molecular flexibility index (Phi) is 4.03. The van der Waals surface area contributed by atoms with Crippen LogP contribution in [0, 0.1) is 12.3 Å². The fourth-order valence-corrected chi connectivity index (χ4v) is 5.03. The Bertz CT molecular complexity index is 1010. The fourth-order valence-electron chi connectivity index (χ4n) is 4.18. The summed E-state index contributed by atoms with van der Waals surface area (Å²) in [6.45, 7) is 6.12. The Morgan fingerprint density at radius 2 is 1.92 bits per heavy atom. The topological polar surface area (TPSA) is 53.1 Å². The summed E-state index contributed by atoms with van der Waals surface area (Å²) in [6, 6.07) is 12.2. The number of aryl methyl sites for hydroxylation is 1. The number of hydrogen-bond acceptors (Lipinski definition) is 3. The van der Waals surface area contributed by atoms with Crippen molar-refractivity contribution in [2.24, 2.45) is 5.41 Å². The third-order valence-electron chi connectivity index (χ3n) is 5.24. The molecule has 134 valence electrons. The van der Waals surface area contributed by atoms with Crippen molar-refractivity contribution in [1.29, 1.82) is 0 Å². The van der Waals surface area contributed by atoms with Gasteiger partial charge in [-0.2, -0.15) is 0 Å². The number of aliphatic hydroxyl groups is 1. The van der Waals surface area contributed by atoms with Crippen LogP contribution < -0.4 is 0 Å². The second-order valence-corrected chi connectivity index (χ2v) is 8.94. The van der Waals surface area contributed by atoms with Crippen LogP contribution in [0.15, 0.2) is 53.1 Å². The largest absolute Gasteiger partial charge is 0.512 e. The molecule has 2 heterocycles. The van der Waals surface area contributed by atoms with Gasteiger partial charge in [0, 0.05) is 39.9 Å². The maximum atomic E-state index is 13.1. The minimum atomic E-state index is -0.227. The first kappa shape index (κ1) is 17.1. The van der Waals surface area contributed by atoms with Crippen LogP contribution >= 0.6 is 11.3 Å². The highest BCUT2D eigenvalue weighted by Crippen LogP contribution is 2.46. The lowest BCUT2D eigenvalue weighted by Gasteiger charge is -2.32. The SMILES string of the molecule is Cc1[nH]c2ccccc2c1C(C1=C(O)CC(C)(C)CC1=O)c1cccs1. The average Bonchev–Trinajstić information content (AvgIpc) is 3.17. The summed E-state index contributed by atoms with van der Waals surface area (Å²) in [5.41, 5.74) is 3.57. The molecule has 0 saturated heterocycles. The molecule has 0 amide bonds. The number of aromatic nitrogens is 1. The molecular weight excluding hydrogens is 342 g/mol. The zero-order valence-electron chi connectivity index (χ0n) is 15.3. The highest BCUT2D eigenvalue weighted by Gasteiger charge is 2.39. The molecule has 1 aromatic carbocycles. The molecule has 4 heteroatoms. The van der Waals surface area contributed by atoms with Crippen LogP contribution in [0.5, 0.6) is 0 Å². The number of para-hydroxylation sites is 1. The smallest absolute Gasteiger partial charge is 0.163 e. The van der Waals surface area contributed by atoms with Crippen molar-refractivity contribution >= 4 is 28.0 Å². The first-order valence-corrected chi connectivity index (χ1v) is 9.81. The first-order valence-electron chi connectivity index (χ1n) is 8.93. The summed E-state index contributed by atoms with van der Waals surface area (Å²) >= 11 is 1.63. The van der Waals surface area contributed by atoms with Gasteiger partial charge in [-0.15, -0.1) is 11.3 Å². The number of allylic oxidation sites excluding steroid dienone is 2. The molecule has 3 nitrogen and oxygen atoms in total. The Morgan fingerprint density at radius 3 is 2.62 bits per heavy atom. The van der Waals surface area contributed by atoms with Crippen molar-refractivity contribution in [3.05, 3.63) is 69.2 Å². The summed E-state index contributed by atoms with van der Waals surface area (Å²) in [6.07, 6.45) is 1.01. The molecule has 0 radical (unpaired) electrons. The highest BCUT2D eigenvalue weighted by atomic mass is 32.1. The van der Waals surface area contributed by atoms with E-state index in [0.29, 0.717) is 18.4 Å². The second-order valence-electron chi connectivity index (χ2n) is 7.96. The molecule has 26 heavy (non-hydrogen) atoms. The van der Waals surface area contributed by atoms with E-state index in [-0.39, 0.29) is 22.9 Å². The van der Waals surface area contributed by atoms with E-state index in [0.717, 1.165) is 27.0 Å². The number of fused-ring (bicyclic) bond motifs is 1. The van der Waals surface area contributed by atoms with E-state index in [1.807, 2.05) is 44.4 Å². The van der Waals surface area contributed by atoms with Gasteiger partial charge in [-0.1, -0.05) is 38.1 Å². The van der Waals surface area contributed by atoms with Gasteiger partial charge in [0.2, 0.25) is 0 Å². The number of Topliss-reactive ketones (excluding diaryl/α,β-unsaturated/α-hetero) is 1. The van der Waals surface area contributed by atoms with Gasteiger partial charge in [0.1, 0.15) is 5.76 Å². The third-order valence-corrected chi connectivity index (χ3v) is 6.18. The zero-order valence-corrected chi connectivity index (χ0v) is 16.1. The van der Waals surface area contributed by atoms with Gasteiger partial charge in [-0.3, -0.25) is 4.79 Å². The Balaban J connectivity index is 1.98. The Hall–Kier alpha value is -2.33. The van der Waals surface area contributed by atoms with Crippen LogP contribution in [0.3, 0.4) is 0 Å². The zero-order chi connectivity index (χ0) is 18.5. The number of benzene rings is 1. The van der Waals surface area contributed by atoms with Crippen LogP contribution in [0.4, 0.5) is 0 Å². The van der Waals surface area contributed by atoms with Crippen molar-refractivity contribution in [2.45, 2.75) is 39.5 Å². The first-order chi connectivity index (χ1) is 12.4. The standard InChI is InChI=1S/C22H23NO2S/c1-13-19(14-7-4-5-8-15(14)23-13)21(18-9-6-10-26-18)20-16(24)11-22(2,3)12-17(20)25/h4-10,21,23-24H,11-12H2,1-3H3. The molecule has 0 spiro atoms. The monoisotopic (exact) mass is 365 g/mol. The number of carbonyl (C=O) groups excluding carboxylic acids is 1. The summed E-state index contributed by atoms with van der Waals surface area (Å²) in [5.74, 6) is 0.0749. The highest BCUT2D eigenvalue weighted by molar-refractivity contribution is 7.10. The minimum absolute atomic E-state index is 0.0573. The number of aliphatic hydroxyl groups excluding tert-OH is 1. The number of aromatic amines is 1. The van der Waals surface area contributed by atoms with E-state index in [1.165, 1.54) is 0 Å². The van der Waals surface area contributed by atoms with Crippen LogP contribution in [-0.2, 0) is 4.79 Å². The minimum Gasteiger partial charge on any atom is -0.512 e. The van der Waals surface area contributed by atoms with Crippen LogP contribution in [0.2, 0.25) is 0 Å². The number of ketones is 1. The summed E-state index contributed by atoms with van der Waals surface area (Å²) in [4.78, 5) is 17.6. The van der Waals surface area contributed by atoms with Gasteiger partial charge in [0.25, 0.3) is 0 Å². The van der Waals surface area contributed by atoms with Gasteiger partial charge in [0.15, 0.2) is 5.78 Å². The molecule has 3 aromatic rings. The molecular formula is C22H23NO2S. The molecule has 2 N–H and O–H groups in total. The molecule has 0 aliphatic heterocycles. The third kappa shape index (κ3) is 2.78. The lowest BCUT2D eigenvalue weighted by atomic mass is 9.72. The molecule has 2 aromatic heterocycles. The van der Waals surface area contributed by atoms with E-state index in [9.17, 15) is 9.90 Å². The van der Waals surface area contributed by atoms with Crippen LogP contribution in [0.25, 0.3) is 10.9 Å². The van der Waals surface area contributed by atoms with E-state index < -0.39 is 0 Å². The lowest BCUT2D eigenvalue weighted by molar-refractivity contribution is -0.118. The number of rotatable bonds is 3. The van der Waals surface area contributed by atoms with Crippen molar-refractivity contribution < 1.29 is 9.90 Å². The normalized spacial score (nSPS) is 18.5. The van der Waals surface area contributed by atoms with Gasteiger partial charge in [0.05, 0.1) is 5.92 Å². The van der Waals surface area contributed by atoms with Crippen molar-refractivity contribution in [1.82, 2.24) is 4.98 Å². The molecule has 1 aliphatic carbocycles. The number of nitrogens with one attached hydrogen (secondary N) is 1. The van der Waals surface area contributed by atoms with Crippen LogP contribution in [0.1, 0.15) is 48.7 Å². The number of H-pyrrole nitrogens is 1. The fraction of sp³-hybridized carbons (Fsp3) is 0.318. The van der Waals surface area contributed by atoms with Gasteiger partial charge in [-0.05, 0) is 35.4 Å². The molecule has 1 aliphatic rings. The van der Waals surface area contributed by atoms with E-state index >= 15 is 0 Å². The van der Waals surface area contributed by atoms with Crippen molar-refractivity contribution in [3.63, 3.8) is 0 Å². The number of hydrogen-bond donors (Lipinski definition) is 2. The number of thiophene rings is 1. The quantitative estimate of drug-likeness (QED) is 0.610. The van der Waals surface area contributed by atoms with E-state index in [1.54, 1.807) is 11.3 Å². The van der Waals surface area contributed by atoms with Crippen LogP contribution in [-0.4, -0.2) is 15.9 Å². The summed E-state index contributed by atoms with van der Waals surface area (Å²) < 4.78 is 0. The van der Waals surface area contributed by atoms with Crippen molar-refractivity contribution in [2.75, 3.05) is 0 Å². The molecule has 0 saturated carbocycles. The Morgan fingerprint density at radius 1 is 1.15 bits per heavy atom. The van der Waals surface area contributed by atoms with Gasteiger partial charge >= 0.3 is 0 Å². The molecule has 0 bridgehead atoms. The molecule has 1 atom stereocenters. The predicted octanol–water partition coefficient (Wildman–Crippen LogP) is 5.87. The maximum absolute atomic E-state index is 13.1. The van der Waals surface area contributed by atoms with Gasteiger partial charge < -0.3 is 10.1 Å². The molecule has 1 unspecified atom stereocenters. The van der Waals surface area contributed by atoms with E-state index in [2.05, 4.69) is 23.2 Å². The lowest BCUT2D eigenvalue weighted by Crippen LogP contribution is -2.28. The van der Waals surface area contributed by atoms with Crippen molar-refractivity contribution in [3.8, 4) is 0 Å². The van der Waals surface area contributed by atoms with Gasteiger partial charge in [-0.25, -0.2) is 0 Å². The summed E-state index contributed by atoms with van der Waals surface area (Å²) in [5, 5.41) is 14.0. The summed E-state index contributed by atoms with van der Waals surface area (Å²) in [7, 11) is 0. The maximum Gasteiger partial charge on any atom is 0.163 e.